The minimum absolute atomic E-state index is 0.00210. The number of phenols is 1. The molecule has 120 valence electrons. The van der Waals surface area contributed by atoms with Crippen molar-refractivity contribution >= 4 is 45.1 Å². The molecular formula is C15H13BrClN3O3. The Morgan fingerprint density at radius 3 is 2.48 bits per heavy atom. The van der Waals surface area contributed by atoms with Gasteiger partial charge < -0.3 is 5.11 Å². The van der Waals surface area contributed by atoms with Crippen LogP contribution < -0.4 is 5.43 Å². The zero-order chi connectivity index (χ0) is 17.1. The zero-order valence-electron chi connectivity index (χ0n) is 12.3. The zero-order valence-corrected chi connectivity index (χ0v) is 14.6. The third kappa shape index (κ3) is 3.62. The van der Waals surface area contributed by atoms with Crippen LogP contribution >= 0.6 is 27.5 Å². The van der Waals surface area contributed by atoms with Crippen LogP contribution in [0.25, 0.3) is 0 Å². The second-order valence-electron chi connectivity index (χ2n) is 4.81. The quantitative estimate of drug-likeness (QED) is 0.441. The summed E-state index contributed by atoms with van der Waals surface area (Å²) in [5.74, 6) is 0.0543. The maximum Gasteiger partial charge on any atom is 0.269 e. The van der Waals surface area contributed by atoms with Crippen LogP contribution in [-0.2, 0) is 0 Å². The number of hydrogen-bond acceptors (Lipinski definition) is 5. The second-order valence-corrected chi connectivity index (χ2v) is 5.99. The lowest BCUT2D eigenvalue weighted by Crippen LogP contribution is -1.97. The van der Waals surface area contributed by atoms with Crippen LogP contribution in [-0.4, -0.2) is 16.2 Å². The molecule has 0 atom stereocenters. The fourth-order valence-corrected chi connectivity index (χ4v) is 2.68. The maximum absolute atomic E-state index is 10.6. The summed E-state index contributed by atoms with van der Waals surface area (Å²) in [4.78, 5) is 10.1. The van der Waals surface area contributed by atoms with Gasteiger partial charge in [0.15, 0.2) is 0 Å². The highest BCUT2D eigenvalue weighted by Gasteiger charge is 2.15. The van der Waals surface area contributed by atoms with Gasteiger partial charge in [-0.2, -0.15) is 5.10 Å². The first kappa shape index (κ1) is 17.2. The Balaban J connectivity index is 2.23. The standard InChI is InChI=1S/C15H13BrClN3O3/c1-8-12(15(21)13(16)9(2)14(8)17)7-18-19-10-3-5-11(6-4-10)20(22)23/h3-7,19,21H,1-2H3. The SMILES string of the molecule is Cc1c(Cl)c(C)c(C=NNc2ccc([N+](=O)[O-])cc2)c(O)c1Br. The van der Waals surface area contributed by atoms with Crippen LogP contribution in [0.15, 0.2) is 33.8 Å². The summed E-state index contributed by atoms with van der Waals surface area (Å²) in [5, 5.41) is 25.4. The van der Waals surface area contributed by atoms with Gasteiger partial charge in [-0.15, -0.1) is 0 Å². The maximum atomic E-state index is 10.6. The Kier molecular flexibility index (Phi) is 5.23. The molecule has 0 saturated heterocycles. The number of nitro groups is 1. The molecule has 0 aliphatic carbocycles. The molecule has 0 spiro atoms. The van der Waals surface area contributed by atoms with E-state index in [0.717, 1.165) is 5.56 Å². The van der Waals surface area contributed by atoms with Gasteiger partial charge in [0.1, 0.15) is 5.75 Å². The third-order valence-electron chi connectivity index (χ3n) is 3.32. The van der Waals surface area contributed by atoms with E-state index in [1.807, 2.05) is 0 Å². The fraction of sp³-hybridized carbons (Fsp3) is 0.133. The van der Waals surface area contributed by atoms with Gasteiger partial charge in [-0.05, 0) is 53.0 Å². The number of nitrogens with zero attached hydrogens (tertiary/aromatic N) is 2. The monoisotopic (exact) mass is 397 g/mol. The van der Waals surface area contributed by atoms with Crippen molar-refractivity contribution in [3.05, 3.63) is 60.6 Å². The number of hydrogen-bond donors (Lipinski definition) is 2. The van der Waals surface area contributed by atoms with Crippen molar-refractivity contribution in [2.24, 2.45) is 5.10 Å². The summed E-state index contributed by atoms with van der Waals surface area (Å²) in [6.07, 6.45) is 1.45. The lowest BCUT2D eigenvalue weighted by Gasteiger charge is -2.12. The number of phenolic OH excluding ortho intramolecular Hbond substituents is 1. The number of nitro benzene ring substituents is 1. The molecule has 2 N–H and O–H groups in total. The molecule has 2 aromatic rings. The minimum Gasteiger partial charge on any atom is -0.506 e. The van der Waals surface area contributed by atoms with Gasteiger partial charge in [-0.1, -0.05) is 11.6 Å². The van der Waals surface area contributed by atoms with E-state index in [4.69, 9.17) is 11.6 Å². The largest absolute Gasteiger partial charge is 0.506 e. The number of rotatable bonds is 4. The van der Waals surface area contributed by atoms with Crippen molar-refractivity contribution in [1.82, 2.24) is 0 Å². The molecule has 0 radical (unpaired) electrons. The van der Waals surface area contributed by atoms with Gasteiger partial charge in [-0.25, -0.2) is 0 Å². The Hall–Kier alpha value is -2.12. The molecule has 0 heterocycles. The van der Waals surface area contributed by atoms with Crippen LogP contribution in [0.2, 0.25) is 5.02 Å². The van der Waals surface area contributed by atoms with Crippen molar-refractivity contribution in [2.75, 3.05) is 5.43 Å². The molecule has 0 unspecified atom stereocenters. The van der Waals surface area contributed by atoms with Crippen molar-refractivity contribution < 1.29 is 10.0 Å². The number of halogens is 2. The van der Waals surface area contributed by atoms with Gasteiger partial charge in [0, 0.05) is 22.7 Å². The molecule has 0 aromatic heterocycles. The van der Waals surface area contributed by atoms with Gasteiger partial charge in [0.25, 0.3) is 5.69 Å². The summed E-state index contributed by atoms with van der Waals surface area (Å²) in [7, 11) is 0. The molecular weight excluding hydrogens is 386 g/mol. The molecule has 2 aromatic carbocycles. The molecule has 8 heteroatoms. The Labute approximate surface area is 146 Å². The third-order valence-corrected chi connectivity index (χ3v) is 4.86. The predicted molar refractivity (Wildman–Crippen MR) is 94.6 cm³/mol. The van der Waals surface area contributed by atoms with E-state index in [2.05, 4.69) is 26.5 Å². The summed E-state index contributed by atoms with van der Waals surface area (Å²) in [5.41, 5.74) is 5.28. The molecule has 23 heavy (non-hydrogen) atoms. The molecule has 6 nitrogen and oxygen atoms in total. The smallest absolute Gasteiger partial charge is 0.269 e. The Morgan fingerprint density at radius 1 is 1.30 bits per heavy atom. The molecule has 0 fully saturated rings. The first-order valence-corrected chi connectivity index (χ1v) is 7.70. The molecule has 0 saturated carbocycles. The van der Waals surface area contributed by atoms with Gasteiger partial charge >= 0.3 is 0 Å². The number of non-ortho nitro benzene ring substituents is 1. The lowest BCUT2D eigenvalue weighted by molar-refractivity contribution is -0.384. The van der Waals surface area contributed by atoms with Gasteiger partial charge in [0.05, 0.1) is 21.3 Å². The summed E-state index contributed by atoms with van der Waals surface area (Å²) in [6.45, 7) is 3.59. The number of aromatic hydroxyl groups is 1. The topological polar surface area (TPSA) is 87.8 Å². The summed E-state index contributed by atoms with van der Waals surface area (Å²) < 4.78 is 0.518. The molecule has 0 aliphatic rings. The minimum atomic E-state index is -0.472. The highest BCUT2D eigenvalue weighted by atomic mass is 79.9. The Bertz CT molecular complexity index is 763. The molecule has 0 amide bonds. The second kappa shape index (κ2) is 6.97. The van der Waals surface area contributed by atoms with E-state index in [1.54, 1.807) is 26.0 Å². The first-order valence-electron chi connectivity index (χ1n) is 6.53. The van der Waals surface area contributed by atoms with Crippen molar-refractivity contribution in [1.29, 1.82) is 0 Å². The van der Waals surface area contributed by atoms with E-state index in [-0.39, 0.29) is 11.4 Å². The lowest BCUT2D eigenvalue weighted by atomic mass is 10.1. The molecule has 0 bridgehead atoms. The van der Waals surface area contributed by atoms with Crippen LogP contribution in [0.1, 0.15) is 16.7 Å². The van der Waals surface area contributed by atoms with E-state index < -0.39 is 4.92 Å². The van der Waals surface area contributed by atoms with Gasteiger partial charge in [-0.3, -0.25) is 15.5 Å². The van der Waals surface area contributed by atoms with E-state index in [1.165, 1.54) is 18.3 Å². The first-order chi connectivity index (χ1) is 10.8. The highest BCUT2D eigenvalue weighted by molar-refractivity contribution is 9.10. The number of hydrazone groups is 1. The Morgan fingerprint density at radius 2 is 1.91 bits per heavy atom. The number of benzene rings is 2. The summed E-state index contributed by atoms with van der Waals surface area (Å²) in [6, 6.07) is 5.83. The molecule has 2 rings (SSSR count). The van der Waals surface area contributed by atoms with E-state index >= 15 is 0 Å². The van der Waals surface area contributed by atoms with Crippen molar-refractivity contribution in [3.63, 3.8) is 0 Å². The average Bonchev–Trinajstić information content (AvgIpc) is 2.54. The average molecular weight is 399 g/mol. The van der Waals surface area contributed by atoms with E-state index in [9.17, 15) is 15.2 Å². The van der Waals surface area contributed by atoms with Gasteiger partial charge in [0.2, 0.25) is 0 Å². The highest BCUT2D eigenvalue weighted by Crippen LogP contribution is 2.38. The van der Waals surface area contributed by atoms with Crippen LogP contribution in [0.5, 0.6) is 5.75 Å². The molecule has 0 aliphatic heterocycles. The van der Waals surface area contributed by atoms with Crippen LogP contribution in [0.3, 0.4) is 0 Å². The fourth-order valence-electron chi connectivity index (χ4n) is 1.96. The van der Waals surface area contributed by atoms with Crippen LogP contribution in [0, 0.1) is 24.0 Å². The summed E-state index contributed by atoms with van der Waals surface area (Å²) >= 11 is 9.51. The normalized spacial score (nSPS) is 11.0. The van der Waals surface area contributed by atoms with E-state index in [0.29, 0.717) is 26.3 Å². The number of anilines is 1. The van der Waals surface area contributed by atoms with Crippen LogP contribution in [0.4, 0.5) is 11.4 Å². The predicted octanol–water partition coefficient (Wildman–Crippen LogP) is 4.78. The van der Waals surface area contributed by atoms with Crippen molar-refractivity contribution in [3.8, 4) is 5.75 Å². The number of nitrogens with one attached hydrogen (secondary N) is 1. The van der Waals surface area contributed by atoms with Crippen molar-refractivity contribution in [2.45, 2.75) is 13.8 Å².